The number of hydrogen-bond donors (Lipinski definition) is 2. The molecule has 7 heteroatoms. The summed E-state index contributed by atoms with van der Waals surface area (Å²) >= 11 is 0. The summed E-state index contributed by atoms with van der Waals surface area (Å²) in [6.45, 7) is 0.569. The number of aromatic nitrogens is 2. The Hall–Kier alpha value is -2.96. The Morgan fingerprint density at radius 3 is 2.48 bits per heavy atom. The van der Waals surface area contributed by atoms with E-state index in [4.69, 9.17) is 0 Å². The van der Waals surface area contributed by atoms with Gasteiger partial charge in [0.05, 0.1) is 17.7 Å². The summed E-state index contributed by atoms with van der Waals surface area (Å²) < 4.78 is 0. The molecular formula is C16H16N4O3. The Kier molecular flexibility index (Phi) is 4.18. The minimum Gasteiger partial charge on any atom is -0.349 e. The molecule has 3 amide bonds. The van der Waals surface area contributed by atoms with Gasteiger partial charge in [0, 0.05) is 25.4 Å². The summed E-state index contributed by atoms with van der Waals surface area (Å²) in [7, 11) is 0. The molecule has 0 saturated carbocycles. The Labute approximate surface area is 132 Å². The molecule has 0 bridgehead atoms. The van der Waals surface area contributed by atoms with E-state index in [-0.39, 0.29) is 30.7 Å². The normalized spacial score (nSPS) is 13.3. The maximum absolute atomic E-state index is 12.2. The van der Waals surface area contributed by atoms with Crippen molar-refractivity contribution in [1.82, 2.24) is 20.2 Å². The molecule has 0 atom stereocenters. The topological polar surface area (TPSA) is 95.2 Å². The maximum atomic E-state index is 12.2. The molecule has 23 heavy (non-hydrogen) atoms. The molecule has 1 aromatic carbocycles. The van der Waals surface area contributed by atoms with Crippen LogP contribution in [0.1, 0.15) is 39.4 Å². The van der Waals surface area contributed by atoms with Gasteiger partial charge in [-0.15, -0.1) is 0 Å². The van der Waals surface area contributed by atoms with Gasteiger partial charge in [-0.3, -0.25) is 19.3 Å². The third-order valence-corrected chi connectivity index (χ3v) is 3.67. The Bertz CT molecular complexity index is 705. The van der Waals surface area contributed by atoms with Crippen molar-refractivity contribution in [1.29, 1.82) is 0 Å². The number of fused-ring (bicyclic) bond motifs is 1. The van der Waals surface area contributed by atoms with E-state index in [0.717, 1.165) is 0 Å². The van der Waals surface area contributed by atoms with Gasteiger partial charge in [0.2, 0.25) is 5.91 Å². The monoisotopic (exact) mass is 312 g/mol. The van der Waals surface area contributed by atoms with Crippen LogP contribution in [-0.2, 0) is 11.3 Å². The minimum atomic E-state index is -0.290. The van der Waals surface area contributed by atoms with Crippen LogP contribution in [0.5, 0.6) is 0 Å². The molecule has 2 N–H and O–H groups in total. The fourth-order valence-electron chi connectivity index (χ4n) is 2.51. The number of imidazole rings is 1. The van der Waals surface area contributed by atoms with Crippen LogP contribution in [0.15, 0.2) is 36.7 Å². The van der Waals surface area contributed by atoms with E-state index >= 15 is 0 Å². The average Bonchev–Trinajstić information content (AvgIpc) is 3.16. The van der Waals surface area contributed by atoms with E-state index in [9.17, 15) is 14.4 Å². The molecule has 2 aromatic rings. The lowest BCUT2D eigenvalue weighted by Crippen LogP contribution is -2.32. The van der Waals surface area contributed by atoms with Gasteiger partial charge in [-0.05, 0) is 18.6 Å². The van der Waals surface area contributed by atoms with Crippen molar-refractivity contribution >= 4 is 17.7 Å². The van der Waals surface area contributed by atoms with Crippen molar-refractivity contribution in [3.8, 4) is 0 Å². The molecular weight excluding hydrogens is 296 g/mol. The van der Waals surface area contributed by atoms with Gasteiger partial charge in [-0.25, -0.2) is 4.98 Å². The summed E-state index contributed by atoms with van der Waals surface area (Å²) in [6, 6.07) is 6.75. The zero-order chi connectivity index (χ0) is 16.2. The zero-order valence-corrected chi connectivity index (χ0v) is 12.4. The Morgan fingerprint density at radius 2 is 1.87 bits per heavy atom. The average molecular weight is 312 g/mol. The molecule has 0 radical (unpaired) electrons. The molecule has 118 valence electrons. The lowest BCUT2D eigenvalue weighted by molar-refractivity contribution is -0.121. The summed E-state index contributed by atoms with van der Waals surface area (Å²) in [5, 5.41) is 2.73. The number of carbonyl (C=O) groups is 3. The van der Waals surface area contributed by atoms with E-state index in [1.165, 1.54) is 4.90 Å². The minimum absolute atomic E-state index is 0.141. The summed E-state index contributed by atoms with van der Waals surface area (Å²) in [4.78, 5) is 44.2. The van der Waals surface area contributed by atoms with E-state index < -0.39 is 0 Å². The SMILES string of the molecule is O=C(CCCN1C(=O)c2ccccc2C1=O)NCc1ncc[nH]1. The number of imide groups is 1. The number of nitrogens with one attached hydrogen (secondary N) is 2. The first-order valence-corrected chi connectivity index (χ1v) is 7.37. The van der Waals surface area contributed by atoms with Crippen LogP contribution < -0.4 is 5.32 Å². The van der Waals surface area contributed by atoms with E-state index in [1.54, 1.807) is 36.7 Å². The maximum Gasteiger partial charge on any atom is 0.261 e. The van der Waals surface area contributed by atoms with Gasteiger partial charge in [-0.1, -0.05) is 12.1 Å². The third kappa shape index (κ3) is 3.13. The van der Waals surface area contributed by atoms with Crippen LogP contribution in [0.3, 0.4) is 0 Å². The number of benzene rings is 1. The first-order valence-electron chi connectivity index (χ1n) is 7.37. The lowest BCUT2D eigenvalue weighted by Gasteiger charge is -2.13. The molecule has 1 aliphatic heterocycles. The Balaban J connectivity index is 1.47. The van der Waals surface area contributed by atoms with Gasteiger partial charge in [-0.2, -0.15) is 0 Å². The summed E-state index contributed by atoms with van der Waals surface area (Å²) in [6.07, 6.45) is 3.97. The lowest BCUT2D eigenvalue weighted by atomic mass is 10.1. The van der Waals surface area contributed by atoms with Gasteiger partial charge < -0.3 is 10.3 Å². The highest BCUT2D eigenvalue weighted by Gasteiger charge is 2.34. The number of H-pyrrole nitrogens is 1. The van der Waals surface area contributed by atoms with Gasteiger partial charge >= 0.3 is 0 Å². The zero-order valence-electron chi connectivity index (χ0n) is 12.4. The second kappa shape index (κ2) is 6.43. The molecule has 0 aliphatic carbocycles. The van der Waals surface area contributed by atoms with Crippen molar-refractivity contribution in [2.45, 2.75) is 19.4 Å². The number of carbonyl (C=O) groups excluding carboxylic acids is 3. The van der Waals surface area contributed by atoms with E-state index in [1.807, 2.05) is 0 Å². The largest absolute Gasteiger partial charge is 0.349 e. The first kappa shape index (κ1) is 15.0. The Morgan fingerprint density at radius 1 is 1.17 bits per heavy atom. The van der Waals surface area contributed by atoms with Crippen molar-refractivity contribution < 1.29 is 14.4 Å². The number of hydrogen-bond acceptors (Lipinski definition) is 4. The molecule has 1 aromatic heterocycles. The van der Waals surface area contributed by atoms with Crippen LogP contribution in [0.4, 0.5) is 0 Å². The number of amides is 3. The molecule has 0 saturated heterocycles. The molecule has 0 spiro atoms. The second-order valence-electron chi connectivity index (χ2n) is 5.22. The summed E-state index contributed by atoms with van der Waals surface area (Å²) in [5.41, 5.74) is 0.861. The second-order valence-corrected chi connectivity index (χ2v) is 5.22. The highest BCUT2D eigenvalue weighted by molar-refractivity contribution is 6.21. The van der Waals surface area contributed by atoms with Gasteiger partial charge in [0.15, 0.2) is 0 Å². The van der Waals surface area contributed by atoms with Gasteiger partial charge in [0.1, 0.15) is 5.82 Å². The van der Waals surface area contributed by atoms with Crippen molar-refractivity contribution in [2.75, 3.05) is 6.54 Å². The molecule has 0 unspecified atom stereocenters. The molecule has 7 nitrogen and oxygen atoms in total. The van der Waals surface area contributed by atoms with Crippen LogP contribution in [0.2, 0.25) is 0 Å². The van der Waals surface area contributed by atoms with E-state index in [2.05, 4.69) is 15.3 Å². The molecule has 2 heterocycles. The fourth-order valence-corrected chi connectivity index (χ4v) is 2.51. The van der Waals surface area contributed by atoms with E-state index in [0.29, 0.717) is 29.9 Å². The highest BCUT2D eigenvalue weighted by atomic mass is 16.2. The van der Waals surface area contributed by atoms with Crippen LogP contribution in [0, 0.1) is 0 Å². The quantitative estimate of drug-likeness (QED) is 0.781. The fraction of sp³-hybridized carbons (Fsp3) is 0.250. The standard InChI is InChI=1S/C16H16N4O3/c21-14(19-10-13-17-7-8-18-13)6-3-9-20-15(22)11-4-1-2-5-12(11)16(20)23/h1-2,4-5,7-8H,3,6,9-10H2,(H,17,18)(H,19,21). The smallest absolute Gasteiger partial charge is 0.261 e. The predicted octanol–water partition coefficient (Wildman–Crippen LogP) is 1.10. The van der Waals surface area contributed by atoms with Crippen molar-refractivity contribution in [3.05, 3.63) is 53.6 Å². The van der Waals surface area contributed by atoms with Crippen LogP contribution in [-0.4, -0.2) is 39.1 Å². The third-order valence-electron chi connectivity index (χ3n) is 3.67. The number of nitrogens with zero attached hydrogens (tertiary/aromatic N) is 2. The van der Waals surface area contributed by atoms with Crippen molar-refractivity contribution in [2.24, 2.45) is 0 Å². The predicted molar refractivity (Wildman–Crippen MR) is 81.5 cm³/mol. The molecule has 3 rings (SSSR count). The highest BCUT2D eigenvalue weighted by Crippen LogP contribution is 2.22. The number of aromatic amines is 1. The van der Waals surface area contributed by atoms with Crippen molar-refractivity contribution in [3.63, 3.8) is 0 Å². The van der Waals surface area contributed by atoms with Gasteiger partial charge in [0.25, 0.3) is 11.8 Å². The molecule has 1 aliphatic rings. The summed E-state index contributed by atoms with van der Waals surface area (Å²) in [5.74, 6) is -0.0418. The van der Waals surface area contributed by atoms with Crippen LogP contribution >= 0.6 is 0 Å². The molecule has 0 fully saturated rings. The number of rotatable bonds is 6. The van der Waals surface area contributed by atoms with Crippen LogP contribution in [0.25, 0.3) is 0 Å². The first-order chi connectivity index (χ1) is 11.2.